The van der Waals surface area contributed by atoms with Crippen LogP contribution in [0.1, 0.15) is 32.6 Å². The lowest BCUT2D eigenvalue weighted by atomic mass is 9.90. The average Bonchev–Trinajstić information content (AvgIpc) is 2.76. The second kappa shape index (κ2) is 6.56. The first-order valence-corrected chi connectivity index (χ1v) is 6.56. The van der Waals surface area contributed by atoms with Gasteiger partial charge in [-0.3, -0.25) is 4.79 Å². The number of halogens is 3. The molecule has 1 heterocycles. The van der Waals surface area contributed by atoms with Crippen molar-refractivity contribution in [2.45, 2.75) is 44.3 Å². The van der Waals surface area contributed by atoms with Crippen molar-refractivity contribution in [2.24, 2.45) is 0 Å². The van der Waals surface area contributed by atoms with E-state index in [0.717, 1.165) is 12.8 Å². The summed E-state index contributed by atoms with van der Waals surface area (Å²) in [5.74, 6) is -0.543. The highest BCUT2D eigenvalue weighted by Gasteiger charge is 2.44. The van der Waals surface area contributed by atoms with Crippen LogP contribution >= 0.6 is 0 Å². The Balaban J connectivity index is 2.84. The van der Waals surface area contributed by atoms with E-state index in [1.165, 1.54) is 0 Å². The standard InChI is InChI=1S/C12H21F3N2O2/c1-2-4-11(5-3-6-16-11)10(19)17(7-8-18)9-12(13,14)15/h16,18H,2-9H2,1H3. The number of carbonyl (C=O) groups excluding carboxylic acids is 1. The van der Waals surface area contributed by atoms with Crippen LogP contribution in [0.3, 0.4) is 0 Å². The number of amides is 1. The molecule has 1 aliphatic heterocycles. The molecule has 0 bridgehead atoms. The normalized spacial score (nSPS) is 23.6. The van der Waals surface area contributed by atoms with Crippen LogP contribution < -0.4 is 5.32 Å². The van der Waals surface area contributed by atoms with Crippen LogP contribution in [0.5, 0.6) is 0 Å². The molecule has 1 saturated heterocycles. The van der Waals surface area contributed by atoms with Crippen LogP contribution in [0, 0.1) is 0 Å². The van der Waals surface area contributed by atoms with Crippen molar-refractivity contribution in [3.63, 3.8) is 0 Å². The number of nitrogens with one attached hydrogen (secondary N) is 1. The van der Waals surface area contributed by atoms with Gasteiger partial charge in [-0.1, -0.05) is 13.3 Å². The Morgan fingerprint density at radius 1 is 1.47 bits per heavy atom. The Bertz CT molecular complexity index is 302. The Morgan fingerprint density at radius 2 is 2.16 bits per heavy atom. The fourth-order valence-electron chi connectivity index (χ4n) is 2.63. The van der Waals surface area contributed by atoms with Crippen molar-refractivity contribution in [3.8, 4) is 0 Å². The van der Waals surface area contributed by atoms with E-state index >= 15 is 0 Å². The molecule has 0 aromatic rings. The summed E-state index contributed by atoms with van der Waals surface area (Å²) in [6.45, 7) is 0.481. The summed E-state index contributed by atoms with van der Waals surface area (Å²) >= 11 is 0. The molecule has 1 unspecified atom stereocenters. The summed E-state index contributed by atoms with van der Waals surface area (Å²) in [6.07, 6.45) is -1.87. The highest BCUT2D eigenvalue weighted by molar-refractivity contribution is 5.86. The van der Waals surface area contributed by atoms with Gasteiger partial charge in [-0.05, 0) is 25.8 Å². The van der Waals surface area contributed by atoms with Gasteiger partial charge in [-0.2, -0.15) is 13.2 Å². The lowest BCUT2D eigenvalue weighted by Crippen LogP contribution is -2.57. The molecule has 4 nitrogen and oxygen atoms in total. The maximum absolute atomic E-state index is 12.5. The van der Waals surface area contributed by atoms with Gasteiger partial charge >= 0.3 is 6.18 Å². The molecule has 0 radical (unpaired) electrons. The van der Waals surface area contributed by atoms with Crippen LogP contribution in [-0.2, 0) is 4.79 Å². The van der Waals surface area contributed by atoms with E-state index in [1.807, 2.05) is 6.92 Å². The van der Waals surface area contributed by atoms with E-state index in [1.54, 1.807) is 0 Å². The van der Waals surface area contributed by atoms with E-state index in [9.17, 15) is 18.0 Å². The van der Waals surface area contributed by atoms with Crippen molar-refractivity contribution < 1.29 is 23.1 Å². The predicted molar refractivity (Wildman–Crippen MR) is 64.6 cm³/mol. The van der Waals surface area contributed by atoms with Gasteiger partial charge in [-0.25, -0.2) is 0 Å². The van der Waals surface area contributed by atoms with Crippen molar-refractivity contribution in [1.29, 1.82) is 0 Å². The first-order chi connectivity index (χ1) is 8.84. The van der Waals surface area contributed by atoms with Gasteiger partial charge in [0.05, 0.1) is 12.1 Å². The lowest BCUT2D eigenvalue weighted by molar-refractivity contribution is -0.166. The van der Waals surface area contributed by atoms with E-state index < -0.39 is 30.8 Å². The molecule has 19 heavy (non-hydrogen) atoms. The summed E-state index contributed by atoms with van der Waals surface area (Å²) in [6, 6.07) is 0. The number of nitrogens with zero attached hydrogens (tertiary/aromatic N) is 1. The predicted octanol–water partition coefficient (Wildman–Crippen LogP) is 1.29. The molecule has 112 valence electrons. The monoisotopic (exact) mass is 282 g/mol. The topological polar surface area (TPSA) is 52.6 Å². The molecule has 1 amide bonds. The highest BCUT2D eigenvalue weighted by atomic mass is 19.4. The molecule has 0 spiro atoms. The zero-order valence-corrected chi connectivity index (χ0v) is 11.1. The molecule has 1 atom stereocenters. The number of aliphatic hydroxyl groups excluding tert-OH is 1. The number of rotatable bonds is 6. The van der Waals surface area contributed by atoms with Crippen molar-refractivity contribution in [2.75, 3.05) is 26.2 Å². The number of hydrogen-bond acceptors (Lipinski definition) is 3. The first-order valence-electron chi connectivity index (χ1n) is 6.56. The molecule has 0 aromatic heterocycles. The van der Waals surface area contributed by atoms with Gasteiger partial charge < -0.3 is 15.3 Å². The van der Waals surface area contributed by atoms with Gasteiger partial charge in [0.15, 0.2) is 0 Å². The molecule has 1 fully saturated rings. The number of alkyl halides is 3. The van der Waals surface area contributed by atoms with Crippen LogP contribution in [-0.4, -0.2) is 53.9 Å². The van der Waals surface area contributed by atoms with Crippen molar-refractivity contribution in [3.05, 3.63) is 0 Å². The third kappa shape index (κ3) is 4.35. The Morgan fingerprint density at radius 3 is 2.58 bits per heavy atom. The quantitative estimate of drug-likeness (QED) is 0.772. The summed E-state index contributed by atoms with van der Waals surface area (Å²) < 4.78 is 37.5. The zero-order chi connectivity index (χ0) is 14.5. The Kier molecular flexibility index (Phi) is 5.61. The van der Waals surface area contributed by atoms with Gasteiger partial charge in [0.2, 0.25) is 5.91 Å². The lowest BCUT2D eigenvalue weighted by Gasteiger charge is -2.34. The van der Waals surface area contributed by atoms with E-state index in [4.69, 9.17) is 5.11 Å². The van der Waals surface area contributed by atoms with E-state index in [0.29, 0.717) is 24.3 Å². The van der Waals surface area contributed by atoms with Gasteiger partial charge in [-0.15, -0.1) is 0 Å². The van der Waals surface area contributed by atoms with Crippen molar-refractivity contribution in [1.82, 2.24) is 10.2 Å². The second-order valence-electron chi connectivity index (χ2n) is 4.93. The van der Waals surface area contributed by atoms with Gasteiger partial charge in [0.25, 0.3) is 0 Å². The summed E-state index contributed by atoms with van der Waals surface area (Å²) in [4.78, 5) is 13.1. The molecule has 0 saturated carbocycles. The third-order valence-electron chi connectivity index (χ3n) is 3.36. The van der Waals surface area contributed by atoms with Crippen LogP contribution in [0.4, 0.5) is 13.2 Å². The SMILES string of the molecule is CCCC1(C(=O)N(CCO)CC(F)(F)F)CCCN1. The molecular formula is C12H21F3N2O2. The number of hydrogen-bond donors (Lipinski definition) is 2. The molecular weight excluding hydrogens is 261 g/mol. The molecule has 1 rings (SSSR count). The van der Waals surface area contributed by atoms with Crippen LogP contribution in [0.25, 0.3) is 0 Å². The minimum absolute atomic E-state index is 0.286. The molecule has 7 heteroatoms. The number of carbonyl (C=O) groups is 1. The van der Waals surface area contributed by atoms with Crippen LogP contribution in [0.2, 0.25) is 0 Å². The van der Waals surface area contributed by atoms with Gasteiger partial charge in [0.1, 0.15) is 6.54 Å². The van der Waals surface area contributed by atoms with E-state index in [2.05, 4.69) is 5.32 Å². The molecule has 2 N–H and O–H groups in total. The number of aliphatic hydroxyl groups is 1. The smallest absolute Gasteiger partial charge is 0.395 e. The van der Waals surface area contributed by atoms with E-state index in [-0.39, 0.29) is 6.54 Å². The van der Waals surface area contributed by atoms with Crippen molar-refractivity contribution >= 4 is 5.91 Å². The minimum atomic E-state index is -4.45. The largest absolute Gasteiger partial charge is 0.406 e. The second-order valence-corrected chi connectivity index (χ2v) is 4.93. The fourth-order valence-corrected chi connectivity index (χ4v) is 2.63. The van der Waals surface area contributed by atoms with Gasteiger partial charge in [0, 0.05) is 6.54 Å². The maximum atomic E-state index is 12.5. The zero-order valence-electron chi connectivity index (χ0n) is 11.1. The molecule has 0 aromatic carbocycles. The minimum Gasteiger partial charge on any atom is -0.395 e. The summed E-state index contributed by atoms with van der Waals surface area (Å²) in [5.41, 5.74) is -0.880. The fraction of sp³-hybridized carbons (Fsp3) is 0.917. The molecule has 0 aliphatic carbocycles. The first kappa shape index (κ1) is 16.2. The Hall–Kier alpha value is -0.820. The molecule has 1 aliphatic rings. The third-order valence-corrected chi connectivity index (χ3v) is 3.36. The maximum Gasteiger partial charge on any atom is 0.406 e. The summed E-state index contributed by atoms with van der Waals surface area (Å²) in [7, 11) is 0. The highest BCUT2D eigenvalue weighted by Crippen LogP contribution is 2.28. The van der Waals surface area contributed by atoms with Crippen LogP contribution in [0.15, 0.2) is 0 Å². The average molecular weight is 282 g/mol. The summed E-state index contributed by atoms with van der Waals surface area (Å²) in [5, 5.41) is 11.9. The Labute approximate surface area is 111 Å².